The first-order valence-corrected chi connectivity index (χ1v) is 12.6. The number of hydrogen-bond donors (Lipinski definition) is 0. The molecule has 0 bridgehead atoms. The molecule has 3 aliphatic rings. The van der Waals surface area contributed by atoms with Crippen molar-refractivity contribution >= 4 is 29.4 Å². The van der Waals surface area contributed by atoms with Crippen molar-refractivity contribution in [1.82, 2.24) is 0 Å². The Morgan fingerprint density at radius 1 is 1.13 bits per heavy atom. The minimum atomic E-state index is -0.453. The van der Waals surface area contributed by atoms with Gasteiger partial charge >= 0.3 is 5.97 Å². The average molecular weight is 454 g/mol. The maximum atomic E-state index is 11.8. The fourth-order valence-electron chi connectivity index (χ4n) is 4.50. The summed E-state index contributed by atoms with van der Waals surface area (Å²) in [5, 5.41) is 1.80. The summed E-state index contributed by atoms with van der Waals surface area (Å²) in [5.74, 6) is 0.172. The fourth-order valence-corrected chi connectivity index (χ4v) is 5.31. The van der Waals surface area contributed by atoms with E-state index in [9.17, 15) is 9.59 Å². The van der Waals surface area contributed by atoms with Gasteiger partial charge in [0.15, 0.2) is 5.79 Å². The molecule has 1 aromatic heterocycles. The summed E-state index contributed by atoms with van der Waals surface area (Å²) >= 11 is 1.28. The maximum Gasteiger partial charge on any atom is 0.350 e. The third kappa shape index (κ3) is 7.02. The van der Waals surface area contributed by atoms with Crippen LogP contribution in [0.1, 0.15) is 88.2 Å². The Morgan fingerprint density at radius 2 is 1.74 bits per heavy atom. The zero-order valence-corrected chi connectivity index (χ0v) is 20.4. The van der Waals surface area contributed by atoms with Crippen LogP contribution >= 0.6 is 11.3 Å². The number of methoxy groups -OCH3 is 1. The summed E-state index contributed by atoms with van der Waals surface area (Å²) in [6.07, 6.45) is 11.3. The topological polar surface area (TPSA) is 65.1 Å². The summed E-state index contributed by atoms with van der Waals surface area (Å²) in [6, 6.07) is 1.84. The molecular weight excluding hydrogens is 414 g/mol. The van der Waals surface area contributed by atoms with Crippen LogP contribution in [0.3, 0.4) is 0 Å². The van der Waals surface area contributed by atoms with Crippen LogP contribution in [-0.4, -0.2) is 44.5 Å². The van der Waals surface area contributed by atoms with E-state index in [-0.39, 0.29) is 6.04 Å². The Morgan fingerprint density at radius 3 is 2.23 bits per heavy atom. The molecular formula is C24H39NO5S. The van der Waals surface area contributed by atoms with Gasteiger partial charge in [-0.05, 0) is 30.2 Å². The van der Waals surface area contributed by atoms with Crippen LogP contribution in [0, 0.1) is 5.92 Å². The van der Waals surface area contributed by atoms with Crippen molar-refractivity contribution in [3.63, 3.8) is 0 Å². The number of nitrogens with zero attached hydrogens (tertiary/aromatic N) is 1. The van der Waals surface area contributed by atoms with E-state index in [0.717, 1.165) is 38.0 Å². The molecule has 7 heteroatoms. The molecule has 0 atom stereocenters. The van der Waals surface area contributed by atoms with E-state index in [1.165, 1.54) is 50.6 Å². The Labute approximate surface area is 191 Å². The third-order valence-corrected chi connectivity index (χ3v) is 7.11. The number of hydrogen-bond acceptors (Lipinski definition) is 6. The largest absolute Gasteiger partial charge is 0.465 e. The van der Waals surface area contributed by atoms with E-state index in [4.69, 9.17) is 14.2 Å². The van der Waals surface area contributed by atoms with Gasteiger partial charge in [-0.3, -0.25) is 4.79 Å². The number of rotatable bonds is 4. The summed E-state index contributed by atoms with van der Waals surface area (Å²) in [7, 11) is 1.34. The van der Waals surface area contributed by atoms with E-state index in [1.54, 1.807) is 16.3 Å². The zero-order chi connectivity index (χ0) is 22.7. The number of thiophene rings is 1. The molecule has 0 aromatic carbocycles. The van der Waals surface area contributed by atoms with Crippen molar-refractivity contribution in [3.8, 4) is 0 Å². The van der Waals surface area contributed by atoms with Crippen LogP contribution in [0.4, 0.5) is 5.69 Å². The highest BCUT2D eigenvalue weighted by Crippen LogP contribution is 2.39. The molecule has 1 saturated heterocycles. The Bertz CT molecular complexity index is 655. The molecule has 2 aliphatic carbocycles. The molecule has 3 fully saturated rings. The van der Waals surface area contributed by atoms with Crippen LogP contribution in [0.5, 0.6) is 0 Å². The van der Waals surface area contributed by atoms with Crippen molar-refractivity contribution in [2.45, 2.75) is 90.4 Å². The standard InChI is InChI=1S/C15H19NO5S.C7H14.C2H6/c1-19-14(18)13-12(4-9-22-13)16(10-17)11-2-5-15(6-3-11)20-7-8-21-15;1-7-5-3-2-4-6-7;1-2/h4,9-11H,2-3,5-8H2,1H3;7H,2-6H2,1H3;1-2H3. The number of ether oxygens (including phenoxy) is 3. The SMILES string of the molecule is CC.CC1CCCCC1.COC(=O)c1sccc1N(C=O)C1CCC2(CC1)OCCO2. The first-order valence-electron chi connectivity index (χ1n) is 11.8. The Kier molecular flexibility index (Phi) is 11.0. The van der Waals surface area contributed by atoms with Gasteiger partial charge in [0.1, 0.15) is 4.88 Å². The normalized spacial score (nSPS) is 20.8. The van der Waals surface area contributed by atoms with Gasteiger partial charge < -0.3 is 19.1 Å². The van der Waals surface area contributed by atoms with Crippen LogP contribution < -0.4 is 4.90 Å². The Balaban J connectivity index is 0.000000319. The Hall–Kier alpha value is -1.44. The van der Waals surface area contributed by atoms with E-state index in [1.807, 2.05) is 13.8 Å². The van der Waals surface area contributed by atoms with Crippen LogP contribution in [0.15, 0.2) is 11.4 Å². The van der Waals surface area contributed by atoms with Gasteiger partial charge in [0, 0.05) is 18.9 Å². The molecule has 4 rings (SSSR count). The molecule has 1 spiro atoms. The van der Waals surface area contributed by atoms with Gasteiger partial charge in [0.25, 0.3) is 0 Å². The quantitative estimate of drug-likeness (QED) is 0.426. The number of amides is 1. The van der Waals surface area contributed by atoms with Gasteiger partial charge in [-0.2, -0.15) is 0 Å². The number of esters is 1. The second-order valence-corrected chi connectivity index (χ2v) is 9.14. The summed E-state index contributed by atoms with van der Waals surface area (Å²) in [4.78, 5) is 25.5. The minimum Gasteiger partial charge on any atom is -0.465 e. The molecule has 0 N–H and O–H groups in total. The second kappa shape index (κ2) is 13.2. The average Bonchev–Trinajstić information content (AvgIpc) is 3.48. The van der Waals surface area contributed by atoms with E-state index >= 15 is 0 Å². The lowest BCUT2D eigenvalue weighted by Crippen LogP contribution is -2.44. The van der Waals surface area contributed by atoms with E-state index < -0.39 is 11.8 Å². The predicted octanol–water partition coefficient (Wildman–Crippen LogP) is 5.80. The smallest absolute Gasteiger partial charge is 0.350 e. The summed E-state index contributed by atoms with van der Waals surface area (Å²) in [5.41, 5.74) is 0.626. The first kappa shape index (κ1) is 25.8. The summed E-state index contributed by atoms with van der Waals surface area (Å²) in [6.45, 7) is 7.64. The monoisotopic (exact) mass is 453 g/mol. The molecule has 0 radical (unpaired) electrons. The molecule has 31 heavy (non-hydrogen) atoms. The number of carbonyl (C=O) groups excluding carboxylic acids is 2. The van der Waals surface area contributed by atoms with Gasteiger partial charge in [0.2, 0.25) is 6.41 Å². The van der Waals surface area contributed by atoms with E-state index in [2.05, 4.69) is 6.92 Å². The third-order valence-electron chi connectivity index (χ3n) is 6.22. The molecule has 2 saturated carbocycles. The zero-order valence-electron chi connectivity index (χ0n) is 19.6. The lowest BCUT2D eigenvalue weighted by molar-refractivity contribution is -0.178. The highest BCUT2D eigenvalue weighted by molar-refractivity contribution is 7.12. The van der Waals surface area contributed by atoms with Crippen LogP contribution in [0.2, 0.25) is 0 Å². The van der Waals surface area contributed by atoms with Crippen molar-refractivity contribution in [2.24, 2.45) is 5.92 Å². The van der Waals surface area contributed by atoms with E-state index in [0.29, 0.717) is 23.8 Å². The van der Waals surface area contributed by atoms with Crippen LogP contribution in [-0.2, 0) is 19.0 Å². The molecule has 176 valence electrons. The molecule has 6 nitrogen and oxygen atoms in total. The number of anilines is 1. The first-order chi connectivity index (χ1) is 15.1. The van der Waals surface area contributed by atoms with Crippen molar-refractivity contribution < 1.29 is 23.8 Å². The molecule has 1 amide bonds. The maximum absolute atomic E-state index is 11.8. The van der Waals surface area contributed by atoms with Crippen molar-refractivity contribution in [1.29, 1.82) is 0 Å². The lowest BCUT2D eigenvalue weighted by Gasteiger charge is -2.38. The van der Waals surface area contributed by atoms with Gasteiger partial charge in [-0.15, -0.1) is 11.3 Å². The minimum absolute atomic E-state index is 0.0499. The number of carbonyl (C=O) groups is 2. The molecule has 1 aliphatic heterocycles. The second-order valence-electron chi connectivity index (χ2n) is 8.22. The summed E-state index contributed by atoms with van der Waals surface area (Å²) < 4.78 is 16.2. The fraction of sp³-hybridized carbons (Fsp3) is 0.750. The van der Waals surface area contributed by atoms with Gasteiger partial charge in [0.05, 0.1) is 26.0 Å². The molecule has 0 unspecified atom stereocenters. The van der Waals surface area contributed by atoms with Crippen molar-refractivity contribution in [3.05, 3.63) is 16.3 Å². The molecule has 2 heterocycles. The van der Waals surface area contributed by atoms with Crippen LogP contribution in [0.25, 0.3) is 0 Å². The lowest BCUT2D eigenvalue weighted by atomic mass is 9.89. The van der Waals surface area contributed by atoms with Gasteiger partial charge in [-0.25, -0.2) is 4.79 Å². The highest BCUT2D eigenvalue weighted by Gasteiger charge is 2.42. The molecule has 1 aromatic rings. The van der Waals surface area contributed by atoms with Crippen molar-refractivity contribution in [2.75, 3.05) is 25.2 Å². The highest BCUT2D eigenvalue weighted by atomic mass is 32.1. The van der Waals surface area contributed by atoms with Gasteiger partial charge in [-0.1, -0.05) is 52.9 Å². The predicted molar refractivity (Wildman–Crippen MR) is 125 cm³/mol.